The van der Waals surface area contributed by atoms with E-state index in [-0.39, 0.29) is 0 Å². The third-order valence-electron chi connectivity index (χ3n) is 2.94. The minimum atomic E-state index is 0.337. The van der Waals surface area contributed by atoms with Crippen LogP contribution in [0.3, 0.4) is 0 Å². The lowest BCUT2D eigenvalue weighted by atomic mass is 10.2. The zero-order chi connectivity index (χ0) is 13.1. The highest BCUT2D eigenvalue weighted by atomic mass is 32.1. The van der Waals surface area contributed by atoms with E-state index in [0.717, 1.165) is 29.5 Å². The highest BCUT2D eigenvalue weighted by Crippen LogP contribution is 2.24. The molecule has 5 nitrogen and oxygen atoms in total. The molecule has 18 heavy (non-hydrogen) atoms. The Morgan fingerprint density at radius 2 is 2.22 bits per heavy atom. The molecule has 0 saturated carbocycles. The van der Waals surface area contributed by atoms with E-state index in [4.69, 9.17) is 0 Å². The first kappa shape index (κ1) is 13.2. The minimum Gasteiger partial charge on any atom is -0.321 e. The van der Waals surface area contributed by atoms with Gasteiger partial charge < -0.3 is 9.88 Å². The lowest BCUT2D eigenvalue weighted by molar-refractivity contribution is 0.568. The van der Waals surface area contributed by atoms with Gasteiger partial charge in [-0.1, -0.05) is 0 Å². The van der Waals surface area contributed by atoms with E-state index in [1.165, 1.54) is 4.88 Å². The van der Waals surface area contributed by atoms with E-state index >= 15 is 0 Å². The average molecular weight is 265 g/mol. The molecule has 0 saturated heterocycles. The number of rotatable bonds is 5. The number of nitrogens with zero attached hydrogens (tertiary/aromatic N) is 4. The van der Waals surface area contributed by atoms with Crippen molar-refractivity contribution in [2.45, 2.75) is 33.2 Å². The fourth-order valence-corrected chi connectivity index (χ4v) is 2.93. The van der Waals surface area contributed by atoms with Gasteiger partial charge in [0.15, 0.2) is 0 Å². The number of nitrogens with one attached hydrogen (secondary N) is 1. The third kappa shape index (κ3) is 2.94. The van der Waals surface area contributed by atoms with Crippen LogP contribution in [0, 0.1) is 13.8 Å². The Labute approximate surface area is 111 Å². The molecule has 0 amide bonds. The van der Waals surface area contributed by atoms with Crippen LogP contribution in [0.5, 0.6) is 0 Å². The molecule has 0 aliphatic carbocycles. The smallest absolute Gasteiger partial charge is 0.133 e. The SMILES string of the molecule is Cc1nc(C)c(C(C)NCCc2nncn2C)s1. The quantitative estimate of drug-likeness (QED) is 0.895. The van der Waals surface area contributed by atoms with Crippen molar-refractivity contribution >= 4 is 11.3 Å². The Morgan fingerprint density at radius 3 is 2.78 bits per heavy atom. The van der Waals surface area contributed by atoms with Gasteiger partial charge in [0.2, 0.25) is 0 Å². The molecule has 0 aromatic carbocycles. The first-order valence-corrected chi connectivity index (χ1v) is 6.89. The molecule has 0 spiro atoms. The van der Waals surface area contributed by atoms with E-state index in [2.05, 4.69) is 34.3 Å². The van der Waals surface area contributed by atoms with Crippen LogP contribution in [0.1, 0.15) is 34.4 Å². The van der Waals surface area contributed by atoms with Crippen molar-refractivity contribution in [3.8, 4) is 0 Å². The fourth-order valence-electron chi connectivity index (χ4n) is 1.98. The zero-order valence-corrected chi connectivity index (χ0v) is 12.1. The molecule has 98 valence electrons. The molecule has 2 heterocycles. The van der Waals surface area contributed by atoms with Gasteiger partial charge in [-0.3, -0.25) is 0 Å². The van der Waals surface area contributed by atoms with Gasteiger partial charge in [-0.2, -0.15) is 0 Å². The lowest BCUT2D eigenvalue weighted by Crippen LogP contribution is -2.22. The Balaban J connectivity index is 1.87. The highest BCUT2D eigenvalue weighted by molar-refractivity contribution is 7.11. The van der Waals surface area contributed by atoms with Crippen LogP contribution in [0.4, 0.5) is 0 Å². The van der Waals surface area contributed by atoms with Crippen LogP contribution in [-0.2, 0) is 13.5 Å². The second-order valence-electron chi connectivity index (χ2n) is 4.47. The van der Waals surface area contributed by atoms with Crippen molar-refractivity contribution < 1.29 is 0 Å². The molecule has 2 aromatic heterocycles. The third-order valence-corrected chi connectivity index (χ3v) is 4.19. The molecular formula is C12H19N5S. The molecule has 0 aliphatic rings. The van der Waals surface area contributed by atoms with E-state index < -0.39 is 0 Å². The largest absolute Gasteiger partial charge is 0.321 e. The molecule has 0 aliphatic heterocycles. The number of aromatic nitrogens is 4. The van der Waals surface area contributed by atoms with Gasteiger partial charge in [0.05, 0.1) is 10.7 Å². The van der Waals surface area contributed by atoms with Gasteiger partial charge in [0, 0.05) is 30.9 Å². The predicted molar refractivity (Wildman–Crippen MR) is 72.7 cm³/mol. The number of hydrogen-bond acceptors (Lipinski definition) is 5. The number of thiazole rings is 1. The monoisotopic (exact) mass is 265 g/mol. The predicted octanol–water partition coefficient (Wildman–Crippen LogP) is 1.78. The Bertz CT molecular complexity index is 516. The lowest BCUT2D eigenvalue weighted by Gasteiger charge is -2.12. The van der Waals surface area contributed by atoms with Gasteiger partial charge in [0.25, 0.3) is 0 Å². The van der Waals surface area contributed by atoms with Gasteiger partial charge in [-0.05, 0) is 20.8 Å². The van der Waals surface area contributed by atoms with Crippen LogP contribution in [0.25, 0.3) is 0 Å². The van der Waals surface area contributed by atoms with Gasteiger partial charge in [-0.15, -0.1) is 21.5 Å². The highest BCUT2D eigenvalue weighted by Gasteiger charge is 2.12. The summed E-state index contributed by atoms with van der Waals surface area (Å²) in [6, 6.07) is 0.337. The topological polar surface area (TPSA) is 55.6 Å². The molecule has 1 unspecified atom stereocenters. The summed E-state index contributed by atoms with van der Waals surface area (Å²) in [6.45, 7) is 7.19. The molecule has 2 rings (SSSR count). The van der Waals surface area contributed by atoms with Crippen molar-refractivity contribution in [2.24, 2.45) is 7.05 Å². The molecule has 0 fully saturated rings. The average Bonchev–Trinajstić information content (AvgIpc) is 2.85. The Morgan fingerprint density at radius 1 is 1.44 bits per heavy atom. The molecule has 1 atom stereocenters. The van der Waals surface area contributed by atoms with E-state index in [0.29, 0.717) is 6.04 Å². The van der Waals surface area contributed by atoms with Crippen molar-refractivity contribution in [1.29, 1.82) is 0 Å². The van der Waals surface area contributed by atoms with Crippen LogP contribution >= 0.6 is 11.3 Å². The molecule has 1 N–H and O–H groups in total. The van der Waals surface area contributed by atoms with Crippen LogP contribution in [0.2, 0.25) is 0 Å². The zero-order valence-electron chi connectivity index (χ0n) is 11.3. The maximum Gasteiger partial charge on any atom is 0.133 e. The van der Waals surface area contributed by atoms with Gasteiger partial charge in [0.1, 0.15) is 12.2 Å². The maximum absolute atomic E-state index is 4.46. The van der Waals surface area contributed by atoms with Crippen LogP contribution in [0.15, 0.2) is 6.33 Å². The Kier molecular flexibility index (Phi) is 4.08. The molecular weight excluding hydrogens is 246 g/mol. The summed E-state index contributed by atoms with van der Waals surface area (Å²) in [6.07, 6.45) is 2.62. The first-order chi connectivity index (χ1) is 8.58. The van der Waals surface area contributed by atoms with Crippen molar-refractivity contribution in [1.82, 2.24) is 25.1 Å². The van der Waals surface area contributed by atoms with E-state index in [1.54, 1.807) is 17.7 Å². The molecule has 6 heteroatoms. The van der Waals surface area contributed by atoms with Crippen LogP contribution < -0.4 is 5.32 Å². The van der Waals surface area contributed by atoms with Gasteiger partial charge >= 0.3 is 0 Å². The van der Waals surface area contributed by atoms with Crippen molar-refractivity contribution in [2.75, 3.05) is 6.54 Å². The van der Waals surface area contributed by atoms with Crippen molar-refractivity contribution in [3.05, 3.63) is 27.7 Å². The Hall–Kier alpha value is -1.27. The number of hydrogen-bond donors (Lipinski definition) is 1. The summed E-state index contributed by atoms with van der Waals surface area (Å²) >= 11 is 1.77. The fraction of sp³-hybridized carbons (Fsp3) is 0.583. The van der Waals surface area contributed by atoms with Crippen LogP contribution in [-0.4, -0.2) is 26.3 Å². The summed E-state index contributed by atoms with van der Waals surface area (Å²) < 4.78 is 1.95. The summed E-state index contributed by atoms with van der Waals surface area (Å²) in [5.41, 5.74) is 1.14. The second kappa shape index (κ2) is 5.58. The van der Waals surface area contributed by atoms with E-state index in [1.807, 2.05) is 18.5 Å². The maximum atomic E-state index is 4.46. The summed E-state index contributed by atoms with van der Waals surface area (Å²) in [7, 11) is 1.97. The first-order valence-electron chi connectivity index (χ1n) is 6.08. The van der Waals surface area contributed by atoms with Gasteiger partial charge in [-0.25, -0.2) is 4.98 Å². The van der Waals surface area contributed by atoms with Crippen molar-refractivity contribution in [3.63, 3.8) is 0 Å². The summed E-state index contributed by atoms with van der Waals surface area (Å²) in [5.74, 6) is 1.01. The molecule has 2 aromatic rings. The summed E-state index contributed by atoms with van der Waals surface area (Å²) in [4.78, 5) is 5.78. The number of aryl methyl sites for hydroxylation is 3. The molecule has 0 bridgehead atoms. The minimum absolute atomic E-state index is 0.337. The van der Waals surface area contributed by atoms with E-state index in [9.17, 15) is 0 Å². The molecule has 0 radical (unpaired) electrons. The second-order valence-corrected chi connectivity index (χ2v) is 5.70. The summed E-state index contributed by atoms with van der Waals surface area (Å²) in [5, 5.41) is 12.6. The standard InChI is InChI=1S/C12H19N5S/c1-8(12-9(2)15-10(3)18-12)13-6-5-11-16-14-7-17(11)4/h7-8,13H,5-6H2,1-4H3. The normalized spacial score (nSPS) is 12.9.